The molecule has 1 fully saturated rings. The van der Waals surface area contributed by atoms with E-state index in [1.807, 2.05) is 0 Å². The van der Waals surface area contributed by atoms with Gasteiger partial charge >= 0.3 is 6.61 Å². The highest BCUT2D eigenvalue weighted by atomic mass is 19.3. The van der Waals surface area contributed by atoms with Gasteiger partial charge in [0.15, 0.2) is 5.82 Å². The van der Waals surface area contributed by atoms with Gasteiger partial charge in [-0.15, -0.1) is 10.2 Å². The predicted molar refractivity (Wildman–Crippen MR) is 134 cm³/mol. The summed E-state index contributed by atoms with van der Waals surface area (Å²) in [6.45, 7) is -3.00. The van der Waals surface area contributed by atoms with Gasteiger partial charge in [-0.1, -0.05) is 12.1 Å². The number of aromatic nitrogens is 6. The quantitative estimate of drug-likeness (QED) is 0.290. The summed E-state index contributed by atoms with van der Waals surface area (Å²) in [6.07, 6.45) is 4.90. The third-order valence-electron chi connectivity index (χ3n) is 6.59. The molecule has 9 nitrogen and oxygen atoms in total. The van der Waals surface area contributed by atoms with Crippen molar-refractivity contribution in [3.05, 3.63) is 90.1 Å². The van der Waals surface area contributed by atoms with Crippen LogP contribution in [0.5, 0.6) is 5.75 Å². The Morgan fingerprint density at radius 1 is 1.00 bits per heavy atom. The van der Waals surface area contributed by atoms with Gasteiger partial charge in [-0.05, 0) is 43.2 Å². The number of fused-ring (bicyclic) bond motifs is 1. The van der Waals surface area contributed by atoms with E-state index in [0.717, 1.165) is 12.3 Å². The van der Waals surface area contributed by atoms with Crippen LogP contribution in [0.3, 0.4) is 0 Å². The lowest BCUT2D eigenvalue weighted by molar-refractivity contribution is -0.0500. The van der Waals surface area contributed by atoms with Crippen LogP contribution < -0.4 is 10.1 Å². The zero-order valence-electron chi connectivity index (χ0n) is 20.5. The van der Waals surface area contributed by atoms with Gasteiger partial charge < -0.3 is 10.1 Å². The number of rotatable bonds is 7. The summed E-state index contributed by atoms with van der Waals surface area (Å²) in [7, 11) is 0. The second-order valence-electron chi connectivity index (χ2n) is 9.14. The molecule has 202 valence electrons. The van der Waals surface area contributed by atoms with Gasteiger partial charge in [-0.3, -0.25) is 19.3 Å². The van der Waals surface area contributed by atoms with Crippen LogP contribution in [0.1, 0.15) is 34.9 Å². The fourth-order valence-electron chi connectivity index (χ4n) is 4.71. The van der Waals surface area contributed by atoms with Crippen LogP contribution in [-0.2, 0) is 0 Å². The van der Waals surface area contributed by atoms with E-state index >= 15 is 0 Å². The average molecular weight is 549 g/mol. The highest BCUT2D eigenvalue weighted by Gasteiger charge is 2.37. The SMILES string of the molecule is O=C(N[C@H]1C[C@H](c2nnc(-c3ccc(OC(F)F)cn3)n2-c2ccccc2F)C1)c1cc(F)cc2nccnc12. The number of para-hydroxylation sites is 1. The molecule has 0 spiro atoms. The van der Waals surface area contributed by atoms with Gasteiger partial charge in [-0.2, -0.15) is 8.78 Å². The number of hydrogen-bond acceptors (Lipinski definition) is 7. The third-order valence-corrected chi connectivity index (χ3v) is 6.59. The molecule has 0 unspecified atom stereocenters. The molecule has 40 heavy (non-hydrogen) atoms. The Kier molecular flexibility index (Phi) is 6.54. The topological polar surface area (TPSA) is 108 Å². The van der Waals surface area contributed by atoms with Gasteiger partial charge in [0.2, 0.25) is 0 Å². The molecule has 0 bridgehead atoms. The normalized spacial score (nSPS) is 16.6. The maximum atomic E-state index is 14.9. The van der Waals surface area contributed by atoms with E-state index in [1.54, 1.807) is 18.2 Å². The molecule has 0 saturated heterocycles. The fourth-order valence-corrected chi connectivity index (χ4v) is 4.71. The Balaban J connectivity index is 1.25. The monoisotopic (exact) mass is 549 g/mol. The Hall–Kier alpha value is -4.94. The first-order valence-electron chi connectivity index (χ1n) is 12.2. The van der Waals surface area contributed by atoms with Crippen LogP contribution in [0.25, 0.3) is 28.2 Å². The molecule has 13 heteroatoms. The summed E-state index contributed by atoms with van der Waals surface area (Å²) in [6, 6.07) is 10.9. The van der Waals surface area contributed by atoms with Crippen molar-refractivity contribution in [1.82, 2.24) is 35.0 Å². The lowest BCUT2D eigenvalue weighted by atomic mass is 9.79. The number of carbonyl (C=O) groups excluding carboxylic acids is 1. The fraction of sp³-hybridized carbons (Fsp3) is 0.185. The molecular formula is C27H19F4N7O2. The van der Waals surface area contributed by atoms with Crippen molar-refractivity contribution in [3.8, 4) is 23.0 Å². The largest absolute Gasteiger partial charge is 0.433 e. The average Bonchev–Trinajstić information content (AvgIpc) is 3.34. The molecule has 0 atom stereocenters. The lowest BCUT2D eigenvalue weighted by Gasteiger charge is -2.35. The molecule has 1 amide bonds. The minimum atomic E-state index is -3.00. The number of pyridine rings is 1. The molecule has 6 rings (SSSR count). The van der Waals surface area contributed by atoms with E-state index < -0.39 is 24.2 Å². The minimum Gasteiger partial charge on any atom is -0.433 e. The number of carbonyl (C=O) groups is 1. The summed E-state index contributed by atoms with van der Waals surface area (Å²) in [5.41, 5.74) is 1.09. The van der Waals surface area contributed by atoms with E-state index in [2.05, 4.69) is 35.2 Å². The molecule has 3 aromatic heterocycles. The van der Waals surface area contributed by atoms with Crippen LogP contribution in [0.15, 0.2) is 67.1 Å². The Bertz CT molecular complexity index is 1710. The number of benzene rings is 2. The van der Waals surface area contributed by atoms with E-state index in [0.29, 0.717) is 24.2 Å². The summed E-state index contributed by atoms with van der Waals surface area (Å²) < 4.78 is 60.0. The molecule has 0 radical (unpaired) electrons. The highest BCUT2D eigenvalue weighted by molar-refractivity contribution is 6.04. The zero-order chi connectivity index (χ0) is 27.8. The Morgan fingerprint density at radius 2 is 1.80 bits per heavy atom. The molecule has 2 aromatic carbocycles. The van der Waals surface area contributed by atoms with Crippen molar-refractivity contribution in [2.75, 3.05) is 0 Å². The molecule has 1 saturated carbocycles. The second kappa shape index (κ2) is 10.3. The number of alkyl halides is 2. The van der Waals surface area contributed by atoms with Crippen molar-refractivity contribution < 1.29 is 27.1 Å². The van der Waals surface area contributed by atoms with Crippen LogP contribution in [-0.4, -0.2) is 48.3 Å². The first kappa shape index (κ1) is 25.3. The van der Waals surface area contributed by atoms with Crippen LogP contribution >= 0.6 is 0 Å². The lowest BCUT2D eigenvalue weighted by Crippen LogP contribution is -2.44. The maximum absolute atomic E-state index is 14.9. The van der Waals surface area contributed by atoms with Gasteiger partial charge in [0.25, 0.3) is 5.91 Å². The Morgan fingerprint density at radius 3 is 2.55 bits per heavy atom. The summed E-state index contributed by atoms with van der Waals surface area (Å²) in [5.74, 6) is -1.28. The third kappa shape index (κ3) is 4.81. The standard InChI is InChI=1S/C27H19F4N7O2/c28-15-11-18(23-21(12-15)32-7-8-33-23)26(39)35-16-9-14(10-16)24-36-37-25(38(24)22-4-2-1-3-19(22)29)20-6-5-17(13-34-20)40-27(30)31/h1-8,11-14,16,27H,9-10H2,(H,35,39)/t14-,16-. The van der Waals surface area contributed by atoms with Gasteiger partial charge in [0.1, 0.15) is 34.4 Å². The van der Waals surface area contributed by atoms with Crippen molar-refractivity contribution >= 4 is 16.9 Å². The smallest absolute Gasteiger partial charge is 0.387 e. The van der Waals surface area contributed by atoms with Crippen LogP contribution in [0.4, 0.5) is 17.6 Å². The van der Waals surface area contributed by atoms with Crippen LogP contribution in [0, 0.1) is 11.6 Å². The van der Waals surface area contributed by atoms with Crippen molar-refractivity contribution in [1.29, 1.82) is 0 Å². The Labute approximate surface area is 223 Å². The van der Waals surface area contributed by atoms with Gasteiger partial charge in [-0.25, -0.2) is 13.8 Å². The van der Waals surface area contributed by atoms with Crippen molar-refractivity contribution in [2.24, 2.45) is 0 Å². The molecular weight excluding hydrogens is 530 g/mol. The van der Waals surface area contributed by atoms with E-state index in [-0.39, 0.29) is 46.0 Å². The number of nitrogens with zero attached hydrogens (tertiary/aromatic N) is 6. The molecule has 5 aromatic rings. The highest BCUT2D eigenvalue weighted by Crippen LogP contribution is 2.39. The molecule has 1 aliphatic rings. The first-order valence-corrected chi connectivity index (χ1v) is 12.2. The second-order valence-corrected chi connectivity index (χ2v) is 9.14. The number of hydrogen-bond donors (Lipinski definition) is 1. The number of halogens is 4. The van der Waals surface area contributed by atoms with E-state index in [4.69, 9.17) is 0 Å². The van der Waals surface area contributed by atoms with Gasteiger partial charge in [0, 0.05) is 30.4 Å². The summed E-state index contributed by atoms with van der Waals surface area (Å²) in [4.78, 5) is 25.4. The molecule has 0 aliphatic heterocycles. The number of nitrogens with one attached hydrogen (secondary N) is 1. The summed E-state index contributed by atoms with van der Waals surface area (Å²) >= 11 is 0. The predicted octanol–water partition coefficient (Wildman–Crippen LogP) is 4.83. The van der Waals surface area contributed by atoms with Crippen molar-refractivity contribution in [3.63, 3.8) is 0 Å². The van der Waals surface area contributed by atoms with E-state index in [9.17, 15) is 22.4 Å². The van der Waals surface area contributed by atoms with Crippen molar-refractivity contribution in [2.45, 2.75) is 31.4 Å². The molecule has 3 heterocycles. The summed E-state index contributed by atoms with van der Waals surface area (Å²) in [5, 5.41) is 11.4. The zero-order valence-corrected chi connectivity index (χ0v) is 20.5. The maximum Gasteiger partial charge on any atom is 0.387 e. The number of ether oxygens (including phenoxy) is 1. The first-order chi connectivity index (χ1) is 19.4. The van der Waals surface area contributed by atoms with Gasteiger partial charge in [0.05, 0.1) is 23.0 Å². The minimum absolute atomic E-state index is 0.0775. The molecule has 1 aliphatic carbocycles. The van der Waals surface area contributed by atoms with Crippen LogP contribution in [0.2, 0.25) is 0 Å². The number of amides is 1. The van der Waals surface area contributed by atoms with E-state index in [1.165, 1.54) is 41.2 Å². The molecule has 1 N–H and O–H groups in total.